The minimum absolute atomic E-state index is 0.332. The van der Waals surface area contributed by atoms with Crippen LogP contribution in [0.3, 0.4) is 0 Å². The number of allylic oxidation sites excluding steroid dienone is 2. The van der Waals surface area contributed by atoms with Gasteiger partial charge in [-0.1, -0.05) is 70.4 Å². The van der Waals surface area contributed by atoms with Crippen molar-refractivity contribution in [1.29, 1.82) is 0 Å². The van der Waals surface area contributed by atoms with Gasteiger partial charge in [0.05, 0.1) is 0 Å². The molecule has 1 N–H and O–H groups in total. The van der Waals surface area contributed by atoms with E-state index < -0.39 is 5.97 Å². The van der Waals surface area contributed by atoms with E-state index in [9.17, 15) is 4.79 Å². The predicted octanol–water partition coefficient (Wildman–Crippen LogP) is 6.11. The van der Waals surface area contributed by atoms with Gasteiger partial charge in [0, 0.05) is 6.42 Å². The van der Waals surface area contributed by atoms with Gasteiger partial charge in [0.25, 0.3) is 0 Å². The van der Waals surface area contributed by atoms with E-state index in [-0.39, 0.29) is 0 Å². The van der Waals surface area contributed by atoms with E-state index in [0.29, 0.717) is 6.42 Å². The Bertz CT molecular complexity index is 234. The number of hydrogen-bond acceptors (Lipinski definition) is 1. The molecule has 0 aromatic heterocycles. The minimum Gasteiger partial charge on any atom is -0.481 e. The molecule has 0 radical (unpaired) electrons. The highest BCUT2D eigenvalue weighted by Crippen LogP contribution is 2.09. The molecular formula is C18H34O2. The molecule has 118 valence electrons. The van der Waals surface area contributed by atoms with Crippen molar-refractivity contribution in [2.45, 2.75) is 96.8 Å². The Balaban J connectivity index is 3.07. The molecule has 0 heterocycles. The van der Waals surface area contributed by atoms with Crippen LogP contribution in [-0.4, -0.2) is 11.1 Å². The molecule has 2 heteroatoms. The molecule has 0 rings (SSSR count). The van der Waals surface area contributed by atoms with Gasteiger partial charge in [0.2, 0.25) is 0 Å². The number of carbonyl (C=O) groups is 1. The summed E-state index contributed by atoms with van der Waals surface area (Å²) in [6.07, 6.45) is 21.2. The van der Waals surface area contributed by atoms with E-state index in [2.05, 4.69) is 19.1 Å². The average molecular weight is 300 g/mol. The largest absolute Gasteiger partial charge is 0.481 e. The summed E-state index contributed by atoms with van der Waals surface area (Å²) in [7, 11) is 0. The van der Waals surface area contributed by atoms with Gasteiger partial charge in [0.1, 0.15) is 0 Å². The number of rotatable bonds is 15. The van der Waals surface area contributed by atoms with Gasteiger partial charge in [-0.25, -0.2) is 0 Å². The fourth-order valence-corrected chi connectivity index (χ4v) is 2.35. The number of carboxylic acid groups (broad SMARTS) is 1. The maximum atomic E-state index is 10.3. The third-order valence-electron chi connectivity index (χ3n) is 3.65. The summed E-state index contributed by atoms with van der Waals surface area (Å²) in [5, 5.41) is 8.51. The Labute approximate surface area is 125 Å². The Kier molecular flexibility index (Phi) is 15.6. The van der Waals surface area contributed by atoms with Gasteiger partial charge < -0.3 is 5.11 Å². The molecule has 0 atom stereocenters. The van der Waals surface area contributed by atoms with Crippen molar-refractivity contribution in [2.75, 3.05) is 0 Å². The van der Waals surface area contributed by atoms with E-state index in [1.807, 2.05) is 0 Å². The first-order valence-corrected chi connectivity index (χ1v) is 8.64. The molecular weight excluding hydrogens is 266 g/mol. The van der Waals surface area contributed by atoms with Gasteiger partial charge >= 0.3 is 5.97 Å². The van der Waals surface area contributed by atoms with Gasteiger partial charge in [-0.2, -0.15) is 0 Å². The second-order valence-electron chi connectivity index (χ2n) is 5.73. The molecule has 20 heavy (non-hydrogen) atoms. The molecule has 0 amide bonds. The number of hydrogen-bond donors (Lipinski definition) is 1. The van der Waals surface area contributed by atoms with Crippen LogP contribution < -0.4 is 0 Å². The first-order valence-electron chi connectivity index (χ1n) is 8.64. The molecule has 0 bridgehead atoms. The number of unbranched alkanes of at least 4 members (excludes halogenated alkanes) is 11. The fourth-order valence-electron chi connectivity index (χ4n) is 2.35. The zero-order valence-electron chi connectivity index (χ0n) is 13.4. The highest BCUT2D eigenvalue weighted by Gasteiger charge is 1.95. The SMILES string of the molecule is [13CH3][13CH2][13CH2][13CH2][13CH2][13CH2][13CH2][13CH2]/[13CH]=[13CH]/[13CH2][13CH2][13CH2][13CH2][13CH2][13CH2][13CH2][13C](=O)O. The first-order chi connectivity index (χ1) is 9.77. The lowest BCUT2D eigenvalue weighted by atomic mass is 11.1. The summed E-state index contributed by atoms with van der Waals surface area (Å²) >= 11 is 0. The van der Waals surface area contributed by atoms with Crippen LogP contribution in [0.4, 0.5) is 0 Å². The fraction of sp³-hybridized carbons (Fsp3) is 0.833. The zero-order valence-corrected chi connectivity index (χ0v) is 13.4. The zero-order chi connectivity index (χ0) is 14.9. The van der Waals surface area contributed by atoms with Crippen molar-refractivity contribution < 1.29 is 9.90 Å². The Morgan fingerprint density at radius 1 is 0.750 bits per heavy atom. The summed E-state index contributed by atoms with van der Waals surface area (Å²) in [6, 6.07) is 0. The maximum absolute atomic E-state index is 10.3. The van der Waals surface area contributed by atoms with Gasteiger partial charge in [-0.05, 0) is 32.1 Å². The van der Waals surface area contributed by atoms with Crippen LogP contribution >= 0.6 is 0 Å². The first kappa shape index (κ1) is 19.2. The standard InChI is InChI=1S/C18H34O2/c1-2-3-4-5-6-7-8-9-10-11-12-13-14-15-16-17-18(19)20/h9-10H,2-8,11-17H2,1H3,(H,19,20)/b10-9+/i1+1,2+1,3+1,4+1,5+1,6+1,7+1,8+1,9+1,10+1,11+1,12+1,13+1,14+1,15+1,16+1,17+1,18+1. The van der Waals surface area contributed by atoms with Crippen LogP contribution in [-0.2, 0) is 4.79 Å². The highest BCUT2D eigenvalue weighted by molar-refractivity contribution is 5.66. The summed E-state index contributed by atoms with van der Waals surface area (Å²) in [4.78, 5) is 10.3. The van der Waals surface area contributed by atoms with Crippen molar-refractivity contribution in [2.24, 2.45) is 0 Å². The molecule has 0 fully saturated rings. The summed E-state index contributed by atoms with van der Waals surface area (Å²) in [5.74, 6) is -0.664. The van der Waals surface area contributed by atoms with Crippen LogP contribution in [0.25, 0.3) is 0 Å². The molecule has 0 aromatic carbocycles. The van der Waals surface area contributed by atoms with E-state index in [0.717, 1.165) is 12.8 Å². The third-order valence-corrected chi connectivity index (χ3v) is 3.65. The molecule has 0 aliphatic heterocycles. The van der Waals surface area contributed by atoms with Gasteiger partial charge in [-0.3, -0.25) is 4.79 Å². The van der Waals surface area contributed by atoms with Crippen LogP contribution in [0.2, 0.25) is 0 Å². The molecule has 2 nitrogen and oxygen atoms in total. The topological polar surface area (TPSA) is 37.3 Å². The van der Waals surface area contributed by atoms with Crippen molar-refractivity contribution >= 4 is 5.97 Å². The smallest absolute Gasteiger partial charge is 0.303 e. The van der Waals surface area contributed by atoms with Crippen LogP contribution in [0.1, 0.15) is 96.8 Å². The van der Waals surface area contributed by atoms with Gasteiger partial charge in [-0.15, -0.1) is 0 Å². The Morgan fingerprint density at radius 3 is 1.70 bits per heavy atom. The average Bonchev–Trinajstić information content (AvgIpc) is 2.43. The van der Waals surface area contributed by atoms with Crippen molar-refractivity contribution in [3.8, 4) is 0 Å². The predicted molar refractivity (Wildman–Crippen MR) is 87.1 cm³/mol. The lowest BCUT2D eigenvalue weighted by Crippen LogP contribution is -1.93. The van der Waals surface area contributed by atoms with Crippen molar-refractivity contribution in [3.63, 3.8) is 0 Å². The summed E-state index contributed by atoms with van der Waals surface area (Å²) in [5.41, 5.74) is 0. The van der Waals surface area contributed by atoms with Gasteiger partial charge in [0.15, 0.2) is 0 Å². The van der Waals surface area contributed by atoms with Crippen molar-refractivity contribution in [3.05, 3.63) is 12.2 Å². The molecule has 0 spiro atoms. The van der Waals surface area contributed by atoms with Crippen LogP contribution in [0.15, 0.2) is 12.2 Å². The molecule has 0 unspecified atom stereocenters. The van der Waals surface area contributed by atoms with E-state index >= 15 is 0 Å². The molecule has 0 aromatic rings. The number of aliphatic carboxylic acids is 1. The minimum atomic E-state index is -0.664. The monoisotopic (exact) mass is 300 g/mol. The van der Waals surface area contributed by atoms with Crippen molar-refractivity contribution in [1.82, 2.24) is 0 Å². The second-order valence-corrected chi connectivity index (χ2v) is 5.73. The summed E-state index contributed by atoms with van der Waals surface area (Å²) < 4.78 is 0. The highest BCUT2D eigenvalue weighted by atomic mass is 16.5. The Morgan fingerprint density at radius 2 is 1.20 bits per heavy atom. The lowest BCUT2D eigenvalue weighted by Gasteiger charge is -1.99. The quantitative estimate of drug-likeness (QED) is 0.225. The Hall–Kier alpha value is -0.790. The van der Waals surface area contributed by atoms with Crippen LogP contribution in [0, 0.1) is 0 Å². The van der Waals surface area contributed by atoms with E-state index in [1.54, 1.807) is 0 Å². The normalized spacial score (nSPS) is 11.2. The lowest BCUT2D eigenvalue weighted by molar-refractivity contribution is -0.137. The molecule has 0 aliphatic carbocycles. The molecule has 0 saturated heterocycles. The molecule has 0 aliphatic rings. The molecule has 0 saturated carbocycles. The second kappa shape index (κ2) is 16.3. The maximum Gasteiger partial charge on any atom is 0.303 e. The third kappa shape index (κ3) is 17.2. The van der Waals surface area contributed by atoms with E-state index in [4.69, 9.17) is 5.11 Å². The van der Waals surface area contributed by atoms with Crippen LogP contribution in [0.5, 0.6) is 0 Å². The van der Waals surface area contributed by atoms with E-state index in [1.165, 1.54) is 70.6 Å². The number of carboxylic acids is 1. The summed E-state index contributed by atoms with van der Waals surface area (Å²) in [6.45, 7) is 2.26.